The predicted molar refractivity (Wildman–Crippen MR) is 132 cm³/mol. The Labute approximate surface area is 195 Å². The molecule has 0 heterocycles. The van der Waals surface area contributed by atoms with Gasteiger partial charge in [0.25, 0.3) is 0 Å². The fourth-order valence-corrected chi connectivity index (χ4v) is 3.94. The standard InChI is InChI=1S/C27H31ClN2O2/c1-19(2)17-29-27(32)20(3)30(18-23-10-5-7-14-25(23)28)26(31)16-15-22-12-8-11-21-9-4-6-13-24(21)22/h4-14,19-20H,15-18H2,1-3H3,(H,29,32)/t20-/m0/s1. The predicted octanol–water partition coefficient (Wildman–Crippen LogP) is 5.62. The molecule has 2 amide bonds. The number of nitrogens with one attached hydrogen (secondary N) is 1. The lowest BCUT2D eigenvalue weighted by atomic mass is 10.0. The number of hydrogen-bond donors (Lipinski definition) is 1. The van der Waals surface area contributed by atoms with Gasteiger partial charge in [0, 0.05) is 24.5 Å². The molecule has 168 valence electrons. The molecule has 0 bridgehead atoms. The van der Waals surface area contributed by atoms with Crippen LogP contribution < -0.4 is 5.32 Å². The molecule has 0 fully saturated rings. The normalized spacial score (nSPS) is 12.0. The van der Waals surface area contributed by atoms with Crippen molar-refractivity contribution in [3.8, 4) is 0 Å². The summed E-state index contributed by atoms with van der Waals surface area (Å²) in [4.78, 5) is 27.8. The van der Waals surface area contributed by atoms with Gasteiger partial charge >= 0.3 is 0 Å². The molecule has 3 rings (SSSR count). The molecule has 0 saturated carbocycles. The first-order valence-corrected chi connectivity index (χ1v) is 11.5. The fourth-order valence-electron chi connectivity index (χ4n) is 3.74. The number of carbonyl (C=O) groups is 2. The summed E-state index contributed by atoms with van der Waals surface area (Å²) in [5.41, 5.74) is 1.96. The van der Waals surface area contributed by atoms with E-state index in [1.807, 2.05) is 50.2 Å². The van der Waals surface area contributed by atoms with Gasteiger partial charge in [0.1, 0.15) is 6.04 Å². The van der Waals surface area contributed by atoms with E-state index in [1.54, 1.807) is 17.9 Å². The maximum Gasteiger partial charge on any atom is 0.242 e. The molecule has 5 heteroatoms. The minimum Gasteiger partial charge on any atom is -0.354 e. The fraction of sp³-hybridized carbons (Fsp3) is 0.333. The molecule has 0 spiro atoms. The number of rotatable bonds is 9. The number of hydrogen-bond acceptors (Lipinski definition) is 2. The molecular weight excluding hydrogens is 420 g/mol. The van der Waals surface area contributed by atoms with E-state index in [1.165, 1.54) is 0 Å². The maximum absolute atomic E-state index is 13.4. The van der Waals surface area contributed by atoms with Crippen LogP contribution in [0, 0.1) is 5.92 Å². The number of aryl methyl sites for hydroxylation is 1. The maximum atomic E-state index is 13.4. The van der Waals surface area contributed by atoms with Gasteiger partial charge in [0.15, 0.2) is 0 Å². The van der Waals surface area contributed by atoms with Crippen molar-refractivity contribution < 1.29 is 9.59 Å². The van der Waals surface area contributed by atoms with Gasteiger partial charge < -0.3 is 10.2 Å². The van der Waals surface area contributed by atoms with E-state index in [0.29, 0.717) is 36.9 Å². The van der Waals surface area contributed by atoms with Gasteiger partial charge in [-0.3, -0.25) is 9.59 Å². The molecule has 0 aliphatic heterocycles. The average molecular weight is 451 g/mol. The quantitative estimate of drug-likeness (QED) is 0.460. The summed E-state index contributed by atoms with van der Waals surface area (Å²) in [6.07, 6.45) is 0.930. The summed E-state index contributed by atoms with van der Waals surface area (Å²) in [6, 6.07) is 21.2. The van der Waals surface area contributed by atoms with E-state index in [2.05, 4.69) is 29.6 Å². The molecule has 32 heavy (non-hydrogen) atoms. The van der Waals surface area contributed by atoms with E-state index in [9.17, 15) is 9.59 Å². The van der Waals surface area contributed by atoms with Crippen molar-refractivity contribution >= 4 is 34.2 Å². The zero-order valence-corrected chi connectivity index (χ0v) is 19.7. The number of nitrogens with zero attached hydrogens (tertiary/aromatic N) is 1. The second-order valence-electron chi connectivity index (χ2n) is 8.57. The van der Waals surface area contributed by atoms with E-state index in [0.717, 1.165) is 21.9 Å². The SMILES string of the molecule is CC(C)CNC(=O)[C@H](C)N(Cc1ccccc1Cl)C(=O)CCc1cccc2ccccc12. The van der Waals surface area contributed by atoms with Crippen LogP contribution in [0.4, 0.5) is 0 Å². The van der Waals surface area contributed by atoms with Crippen LogP contribution in [0.25, 0.3) is 10.8 Å². The van der Waals surface area contributed by atoms with Crippen LogP contribution in [0.3, 0.4) is 0 Å². The van der Waals surface area contributed by atoms with Crippen LogP contribution in [-0.2, 0) is 22.6 Å². The van der Waals surface area contributed by atoms with E-state index >= 15 is 0 Å². The van der Waals surface area contributed by atoms with Crippen molar-refractivity contribution in [2.75, 3.05) is 6.54 Å². The lowest BCUT2D eigenvalue weighted by Gasteiger charge is -2.29. The Bertz CT molecular complexity index is 1070. The molecule has 3 aromatic rings. The van der Waals surface area contributed by atoms with Gasteiger partial charge in [-0.05, 0) is 47.2 Å². The molecule has 0 aromatic heterocycles. The minimum absolute atomic E-state index is 0.0648. The van der Waals surface area contributed by atoms with Crippen molar-refractivity contribution in [2.45, 2.75) is 46.2 Å². The van der Waals surface area contributed by atoms with Crippen LogP contribution in [0.2, 0.25) is 5.02 Å². The topological polar surface area (TPSA) is 49.4 Å². The molecular formula is C27H31ClN2O2. The largest absolute Gasteiger partial charge is 0.354 e. The first-order chi connectivity index (χ1) is 15.4. The van der Waals surface area contributed by atoms with Crippen LogP contribution in [-0.4, -0.2) is 29.3 Å². The third-order valence-electron chi connectivity index (χ3n) is 5.64. The first-order valence-electron chi connectivity index (χ1n) is 11.1. The van der Waals surface area contributed by atoms with Gasteiger partial charge in [-0.15, -0.1) is 0 Å². The third-order valence-corrected chi connectivity index (χ3v) is 6.01. The summed E-state index contributed by atoms with van der Waals surface area (Å²) in [5, 5.41) is 5.86. The Kier molecular flexibility index (Phi) is 8.29. The number of benzene rings is 3. The van der Waals surface area contributed by atoms with Gasteiger partial charge in [0.2, 0.25) is 11.8 Å². The van der Waals surface area contributed by atoms with Gasteiger partial charge in [-0.1, -0.05) is 86.1 Å². The number of fused-ring (bicyclic) bond motifs is 1. The molecule has 1 atom stereocenters. The van der Waals surface area contributed by atoms with Crippen molar-refractivity contribution in [2.24, 2.45) is 5.92 Å². The third kappa shape index (κ3) is 6.10. The highest BCUT2D eigenvalue weighted by Crippen LogP contribution is 2.22. The first kappa shape index (κ1) is 23.8. The zero-order valence-electron chi connectivity index (χ0n) is 19.0. The molecule has 1 N–H and O–H groups in total. The Morgan fingerprint density at radius 3 is 2.31 bits per heavy atom. The summed E-state index contributed by atoms with van der Waals surface area (Å²) in [6.45, 7) is 6.74. The summed E-state index contributed by atoms with van der Waals surface area (Å²) < 4.78 is 0. The van der Waals surface area contributed by atoms with E-state index < -0.39 is 6.04 Å². The zero-order chi connectivity index (χ0) is 23.1. The monoisotopic (exact) mass is 450 g/mol. The van der Waals surface area contributed by atoms with Gasteiger partial charge in [-0.25, -0.2) is 0 Å². The Morgan fingerprint density at radius 1 is 0.906 bits per heavy atom. The van der Waals surface area contributed by atoms with Crippen molar-refractivity contribution in [3.63, 3.8) is 0 Å². The number of amides is 2. The highest BCUT2D eigenvalue weighted by atomic mass is 35.5. The molecule has 0 radical (unpaired) electrons. The summed E-state index contributed by atoms with van der Waals surface area (Å²) in [7, 11) is 0. The van der Waals surface area contributed by atoms with Gasteiger partial charge in [0.05, 0.1) is 0 Å². The van der Waals surface area contributed by atoms with Crippen LogP contribution >= 0.6 is 11.6 Å². The van der Waals surface area contributed by atoms with E-state index in [4.69, 9.17) is 11.6 Å². The second-order valence-corrected chi connectivity index (χ2v) is 8.97. The highest BCUT2D eigenvalue weighted by molar-refractivity contribution is 6.31. The Hall–Kier alpha value is -2.85. The van der Waals surface area contributed by atoms with Gasteiger partial charge in [-0.2, -0.15) is 0 Å². The Balaban J connectivity index is 1.78. The lowest BCUT2D eigenvalue weighted by molar-refractivity contribution is -0.140. The van der Waals surface area contributed by atoms with Crippen molar-refractivity contribution in [1.82, 2.24) is 10.2 Å². The van der Waals surface area contributed by atoms with Crippen LogP contribution in [0.5, 0.6) is 0 Å². The number of carbonyl (C=O) groups excluding carboxylic acids is 2. The molecule has 3 aromatic carbocycles. The Morgan fingerprint density at radius 2 is 1.56 bits per heavy atom. The molecule has 0 aliphatic rings. The van der Waals surface area contributed by atoms with Crippen LogP contribution in [0.15, 0.2) is 66.7 Å². The van der Waals surface area contributed by atoms with Crippen LogP contribution in [0.1, 0.15) is 38.3 Å². The molecule has 0 saturated heterocycles. The average Bonchev–Trinajstić information content (AvgIpc) is 2.80. The second kappa shape index (κ2) is 11.1. The van der Waals surface area contributed by atoms with Crippen molar-refractivity contribution in [1.29, 1.82) is 0 Å². The summed E-state index contributed by atoms with van der Waals surface area (Å²) in [5.74, 6) is 0.125. The minimum atomic E-state index is -0.593. The highest BCUT2D eigenvalue weighted by Gasteiger charge is 2.26. The van der Waals surface area contributed by atoms with Crippen molar-refractivity contribution in [3.05, 3.63) is 82.9 Å². The van der Waals surface area contributed by atoms with E-state index in [-0.39, 0.29) is 11.8 Å². The lowest BCUT2D eigenvalue weighted by Crippen LogP contribution is -2.48. The number of halogens is 1. The molecule has 4 nitrogen and oxygen atoms in total. The molecule has 0 unspecified atom stereocenters. The molecule has 0 aliphatic carbocycles. The summed E-state index contributed by atoms with van der Waals surface area (Å²) >= 11 is 6.36. The smallest absolute Gasteiger partial charge is 0.242 e.